The number of nitrogens with zero attached hydrogens (tertiary/aromatic N) is 1. The number of nitrogen functional groups attached to an aromatic ring is 1. The van der Waals surface area contributed by atoms with Gasteiger partial charge in [-0.2, -0.15) is 0 Å². The first-order valence-electron chi connectivity index (χ1n) is 6.19. The summed E-state index contributed by atoms with van der Waals surface area (Å²) in [7, 11) is -3.80. The molecule has 1 aromatic heterocycles. The molecule has 9 heteroatoms. The van der Waals surface area contributed by atoms with E-state index in [1.807, 2.05) is 6.92 Å². The second-order valence-electron chi connectivity index (χ2n) is 4.00. The Hall–Kier alpha value is -1.71. The number of hydrogen-bond acceptors (Lipinski definition) is 6. The van der Waals surface area contributed by atoms with Crippen LogP contribution in [0.25, 0.3) is 0 Å². The Morgan fingerprint density at radius 2 is 2.15 bits per heavy atom. The third kappa shape index (κ3) is 4.76. The molecule has 0 fully saturated rings. The Labute approximate surface area is 118 Å². The van der Waals surface area contributed by atoms with Crippen LogP contribution < -0.4 is 21.3 Å². The third-order valence-corrected chi connectivity index (χ3v) is 3.82. The number of sulfonamides is 1. The van der Waals surface area contributed by atoms with Crippen LogP contribution in [0.15, 0.2) is 23.4 Å². The molecule has 5 N–H and O–H groups in total. The van der Waals surface area contributed by atoms with Gasteiger partial charge in [0.2, 0.25) is 5.91 Å². The van der Waals surface area contributed by atoms with Crippen molar-refractivity contribution in [2.75, 3.05) is 18.5 Å². The summed E-state index contributed by atoms with van der Waals surface area (Å²) < 4.78 is 26.3. The van der Waals surface area contributed by atoms with Gasteiger partial charge in [0.05, 0.1) is 5.69 Å². The predicted molar refractivity (Wildman–Crippen MR) is 75.2 cm³/mol. The van der Waals surface area contributed by atoms with Gasteiger partial charge >= 0.3 is 0 Å². The van der Waals surface area contributed by atoms with E-state index in [0.29, 0.717) is 6.54 Å². The van der Waals surface area contributed by atoms with Crippen molar-refractivity contribution < 1.29 is 13.2 Å². The monoisotopic (exact) mass is 301 g/mol. The van der Waals surface area contributed by atoms with E-state index in [4.69, 9.17) is 5.84 Å². The summed E-state index contributed by atoms with van der Waals surface area (Å²) in [6, 6.07) is 3.06. The molecule has 0 unspecified atom stereocenters. The Bertz CT molecular complexity index is 547. The number of pyridine rings is 1. The quantitative estimate of drug-likeness (QED) is 0.381. The highest BCUT2D eigenvalue weighted by molar-refractivity contribution is 7.89. The van der Waals surface area contributed by atoms with Crippen molar-refractivity contribution in [2.45, 2.75) is 24.8 Å². The summed E-state index contributed by atoms with van der Waals surface area (Å²) in [5.41, 5.74) is 2.46. The van der Waals surface area contributed by atoms with Gasteiger partial charge < -0.3 is 10.7 Å². The first kappa shape index (κ1) is 16.3. The van der Waals surface area contributed by atoms with Crippen molar-refractivity contribution in [1.82, 2.24) is 15.0 Å². The molecule has 0 aliphatic carbocycles. The molecule has 0 radical (unpaired) electrons. The van der Waals surface area contributed by atoms with Gasteiger partial charge in [0, 0.05) is 25.7 Å². The number of carbonyl (C=O) groups is 1. The number of anilines is 1. The maximum absolute atomic E-state index is 12.0. The van der Waals surface area contributed by atoms with Crippen molar-refractivity contribution in [3.05, 3.63) is 18.3 Å². The van der Waals surface area contributed by atoms with Crippen molar-refractivity contribution in [3.63, 3.8) is 0 Å². The summed E-state index contributed by atoms with van der Waals surface area (Å²) in [6.45, 7) is 2.51. The molecule has 0 aliphatic rings. The van der Waals surface area contributed by atoms with Gasteiger partial charge in [-0.15, -0.1) is 0 Å². The van der Waals surface area contributed by atoms with Gasteiger partial charge in [0.15, 0.2) is 5.03 Å². The number of amides is 1. The summed E-state index contributed by atoms with van der Waals surface area (Å²) in [5, 5.41) is 2.46. The minimum atomic E-state index is -3.80. The smallest absolute Gasteiger partial charge is 0.260 e. The van der Waals surface area contributed by atoms with Gasteiger partial charge in [0.1, 0.15) is 0 Å². The van der Waals surface area contributed by atoms with E-state index in [-0.39, 0.29) is 29.6 Å². The molecule has 1 rings (SSSR count). The fourth-order valence-corrected chi connectivity index (χ4v) is 2.56. The average Bonchev–Trinajstić information content (AvgIpc) is 2.44. The van der Waals surface area contributed by atoms with Crippen LogP contribution in [-0.4, -0.2) is 32.4 Å². The molecule has 0 aliphatic heterocycles. The lowest BCUT2D eigenvalue weighted by Crippen LogP contribution is -2.32. The van der Waals surface area contributed by atoms with Gasteiger partial charge in [0.25, 0.3) is 10.0 Å². The molecule has 112 valence electrons. The van der Waals surface area contributed by atoms with Crippen molar-refractivity contribution >= 4 is 21.6 Å². The second-order valence-corrected chi connectivity index (χ2v) is 5.68. The number of nitrogens with one attached hydrogen (secondary N) is 3. The molecule has 0 bridgehead atoms. The minimum Gasteiger partial charge on any atom is -0.356 e. The standard InChI is InChI=1S/C11H19N5O3S/c1-2-6-13-10(17)5-8-15-20(18,19)11-9(16-12)4-3-7-14-11/h3-4,7,15-16H,2,5-6,8,12H2,1H3,(H,13,17). The van der Waals surface area contributed by atoms with E-state index >= 15 is 0 Å². The molecular formula is C11H19N5O3S. The van der Waals surface area contributed by atoms with E-state index in [2.05, 4.69) is 20.4 Å². The van der Waals surface area contributed by atoms with Crippen LogP contribution >= 0.6 is 0 Å². The number of rotatable bonds is 8. The second kappa shape index (κ2) is 7.78. The lowest BCUT2D eigenvalue weighted by Gasteiger charge is -2.09. The number of carbonyl (C=O) groups excluding carboxylic acids is 1. The van der Waals surface area contributed by atoms with Gasteiger partial charge in [-0.25, -0.2) is 18.1 Å². The zero-order valence-corrected chi connectivity index (χ0v) is 12.0. The molecular weight excluding hydrogens is 282 g/mol. The van der Waals surface area contributed by atoms with Gasteiger partial charge in [-0.1, -0.05) is 6.92 Å². The van der Waals surface area contributed by atoms with Crippen LogP contribution in [0.1, 0.15) is 19.8 Å². The fourth-order valence-electron chi connectivity index (χ4n) is 1.43. The maximum Gasteiger partial charge on any atom is 0.260 e. The lowest BCUT2D eigenvalue weighted by atomic mass is 10.4. The number of hydrazine groups is 1. The zero-order valence-electron chi connectivity index (χ0n) is 11.2. The zero-order chi connectivity index (χ0) is 15.0. The van der Waals surface area contributed by atoms with E-state index in [1.165, 1.54) is 12.3 Å². The number of nitrogens with two attached hydrogens (primary N) is 1. The van der Waals surface area contributed by atoms with Crippen LogP contribution in [0.3, 0.4) is 0 Å². The Kier molecular flexibility index (Phi) is 6.36. The Balaban J connectivity index is 2.60. The molecule has 0 saturated carbocycles. The molecule has 8 nitrogen and oxygen atoms in total. The first-order chi connectivity index (χ1) is 9.51. The molecule has 0 atom stereocenters. The molecule has 1 heterocycles. The van der Waals surface area contributed by atoms with Gasteiger partial charge in [-0.3, -0.25) is 10.6 Å². The summed E-state index contributed by atoms with van der Waals surface area (Å²) in [6.07, 6.45) is 2.25. The summed E-state index contributed by atoms with van der Waals surface area (Å²) >= 11 is 0. The molecule has 20 heavy (non-hydrogen) atoms. The Morgan fingerprint density at radius 1 is 1.40 bits per heavy atom. The van der Waals surface area contributed by atoms with Crippen molar-refractivity contribution in [2.24, 2.45) is 5.84 Å². The van der Waals surface area contributed by atoms with E-state index < -0.39 is 10.0 Å². The molecule has 0 spiro atoms. The Morgan fingerprint density at radius 3 is 2.80 bits per heavy atom. The highest BCUT2D eigenvalue weighted by atomic mass is 32.2. The highest BCUT2D eigenvalue weighted by Crippen LogP contribution is 2.15. The predicted octanol–water partition coefficient (Wildman–Crippen LogP) is -0.438. The number of hydrogen-bond donors (Lipinski definition) is 4. The van der Waals surface area contributed by atoms with Crippen molar-refractivity contribution in [3.8, 4) is 0 Å². The fraction of sp³-hybridized carbons (Fsp3) is 0.455. The molecule has 0 saturated heterocycles. The van der Waals surface area contributed by atoms with Crippen LogP contribution in [0.4, 0.5) is 5.69 Å². The summed E-state index contributed by atoms with van der Waals surface area (Å²) in [5.74, 6) is 5.03. The lowest BCUT2D eigenvalue weighted by molar-refractivity contribution is -0.120. The van der Waals surface area contributed by atoms with E-state index in [0.717, 1.165) is 6.42 Å². The third-order valence-electron chi connectivity index (χ3n) is 2.40. The van der Waals surface area contributed by atoms with Crippen LogP contribution in [0, 0.1) is 0 Å². The van der Waals surface area contributed by atoms with E-state index in [1.54, 1.807) is 6.07 Å². The average molecular weight is 301 g/mol. The largest absolute Gasteiger partial charge is 0.356 e. The van der Waals surface area contributed by atoms with Crippen LogP contribution in [-0.2, 0) is 14.8 Å². The maximum atomic E-state index is 12.0. The minimum absolute atomic E-state index is 0.00152. The SMILES string of the molecule is CCCNC(=O)CCNS(=O)(=O)c1ncccc1NN. The topological polar surface area (TPSA) is 126 Å². The van der Waals surface area contributed by atoms with Gasteiger partial charge in [-0.05, 0) is 18.6 Å². The normalized spacial score (nSPS) is 11.1. The van der Waals surface area contributed by atoms with Crippen LogP contribution in [0.5, 0.6) is 0 Å². The van der Waals surface area contributed by atoms with Crippen LogP contribution in [0.2, 0.25) is 0 Å². The molecule has 0 aromatic carbocycles. The highest BCUT2D eigenvalue weighted by Gasteiger charge is 2.19. The number of aromatic nitrogens is 1. The van der Waals surface area contributed by atoms with Crippen molar-refractivity contribution in [1.29, 1.82) is 0 Å². The summed E-state index contributed by atoms with van der Waals surface area (Å²) in [4.78, 5) is 15.1. The van der Waals surface area contributed by atoms with E-state index in [9.17, 15) is 13.2 Å². The first-order valence-corrected chi connectivity index (χ1v) is 7.67. The molecule has 1 amide bonds. The molecule has 1 aromatic rings.